The van der Waals surface area contributed by atoms with E-state index in [4.69, 9.17) is 51.1 Å². The van der Waals surface area contributed by atoms with Crippen LogP contribution >= 0.6 is 46.4 Å². The van der Waals surface area contributed by atoms with Gasteiger partial charge in [0.25, 0.3) is 35.8 Å². The molecule has 7 aromatic carbocycles. The second-order valence-corrected chi connectivity index (χ2v) is 35.0. The monoisotopic (exact) mass is 1660 g/mol. The first-order chi connectivity index (χ1) is 52.5. The zero-order valence-electron chi connectivity index (χ0n) is 60.9. The number of aryl methyl sites for hydroxylation is 3. The highest BCUT2D eigenvalue weighted by Gasteiger charge is 2.43. The molecule has 7 aliphatic rings. The number of amides is 1. The standard InChI is InChI=1S/C28H35ClFN3O4S.C17H17ClFNO3S.C16H15ClFNO3S.C10H20N2.C7H4ClNO4/c1-20(37-28(34)32-17-13-24(14-18-32)31-15-3-2-4-16-31)26-12-6-21-5-9-23(30)19-27(21)33(26)38(35,36)25-10-7-22(29)8-11-25;1-11(21)16-9-3-12-2-6-14(19)10-17(12)20(16)24(22,23)15-7-4-13(18)5-8-15;17-12-3-7-15(8-4-12)23(21,22)19-14(10-20)6-2-11-1-5-13(18)9-16(11)19;1-2-8-12(9-3-1)10-4-6-11-7-5-10;8-7(10)13-6-3-1-5(2-4-6)9(11)12/h5,7-11,19-20,24,26H,2-4,6,12-18H2,1H3;2,4-8,10-11,16,21H,3,9H2,1H3;1,3-5,7-9,14,20H,2,6,10H2;10-11H,1-9H2;1-4H. The van der Waals surface area contributed by atoms with Gasteiger partial charge >= 0.3 is 11.5 Å². The molecule has 22 nitrogen and oxygen atoms in total. The molecule has 110 heavy (non-hydrogen) atoms. The fourth-order valence-corrected chi connectivity index (χ4v) is 20.7. The summed E-state index contributed by atoms with van der Waals surface area (Å²) in [5, 5.41) is 34.6. The highest BCUT2D eigenvalue weighted by Crippen LogP contribution is 2.41. The topological polar surface area (TPSA) is 270 Å². The van der Waals surface area contributed by atoms with Crippen molar-refractivity contribution < 1.29 is 72.6 Å². The number of hydrogen-bond acceptors (Lipinski definition) is 17. The Balaban J connectivity index is 0.000000156. The summed E-state index contributed by atoms with van der Waals surface area (Å²) < 4.78 is 136. The van der Waals surface area contributed by atoms with E-state index >= 15 is 0 Å². The van der Waals surface area contributed by atoms with Gasteiger partial charge in [-0.25, -0.2) is 48.0 Å². The maximum Gasteiger partial charge on any atom is 0.410 e. The number of fused-ring (bicyclic) bond motifs is 3. The molecule has 0 spiro atoms. The largest absolute Gasteiger partial charge is 0.444 e. The van der Waals surface area contributed by atoms with Gasteiger partial charge < -0.3 is 39.7 Å². The van der Waals surface area contributed by atoms with E-state index in [1.807, 2.05) is 0 Å². The molecule has 4 fully saturated rings. The Bertz CT molecular complexity index is 4610. The number of hydrogen-bond donors (Lipinski definition) is 3. The van der Waals surface area contributed by atoms with E-state index in [2.05, 4.69) is 19.9 Å². The number of aliphatic hydroxyl groups is 2. The van der Waals surface area contributed by atoms with Crippen LogP contribution in [0.25, 0.3) is 0 Å². The molecule has 4 saturated heterocycles. The third-order valence-corrected chi connectivity index (χ3v) is 27.2. The van der Waals surface area contributed by atoms with E-state index in [0.29, 0.717) is 72.7 Å². The number of non-ortho nitro benzene ring substituents is 1. The number of carbonyl (C=O) groups is 2. The lowest BCUT2D eigenvalue weighted by Gasteiger charge is -2.42. The molecule has 5 atom stereocenters. The van der Waals surface area contributed by atoms with Gasteiger partial charge in [-0.3, -0.25) is 23.0 Å². The van der Waals surface area contributed by atoms with Crippen LogP contribution in [0.4, 0.5) is 45.5 Å². The van der Waals surface area contributed by atoms with Gasteiger partial charge in [-0.15, -0.1) is 0 Å². The van der Waals surface area contributed by atoms with Gasteiger partial charge in [0.1, 0.15) is 29.3 Å². The van der Waals surface area contributed by atoms with E-state index < -0.39 is 94.3 Å². The van der Waals surface area contributed by atoms with Gasteiger partial charge in [0.2, 0.25) is 0 Å². The molecule has 7 heterocycles. The van der Waals surface area contributed by atoms with Crippen LogP contribution in [-0.2, 0) is 54.1 Å². The Hall–Kier alpha value is -7.32. The van der Waals surface area contributed by atoms with Crippen LogP contribution in [0, 0.1) is 27.6 Å². The number of rotatable bonds is 14. The van der Waals surface area contributed by atoms with Crippen LogP contribution in [0.5, 0.6) is 5.75 Å². The quantitative estimate of drug-likeness (QED) is 0.0519. The molecule has 32 heteroatoms. The van der Waals surface area contributed by atoms with Crippen molar-refractivity contribution in [2.45, 2.75) is 174 Å². The average Bonchev–Trinajstić information content (AvgIpc) is 0.761. The molecule has 0 radical (unpaired) electrons. The highest BCUT2D eigenvalue weighted by molar-refractivity contribution is 7.93. The number of benzene rings is 7. The Morgan fingerprint density at radius 2 is 0.909 bits per heavy atom. The molecule has 594 valence electrons. The van der Waals surface area contributed by atoms with E-state index in [1.165, 1.54) is 215 Å². The zero-order chi connectivity index (χ0) is 79.0. The van der Waals surface area contributed by atoms with Gasteiger partial charge in [-0.05, 0) is 281 Å². The average molecular weight is 1660 g/mol. The highest BCUT2D eigenvalue weighted by atomic mass is 35.5. The molecule has 1 amide bonds. The van der Waals surface area contributed by atoms with Crippen molar-refractivity contribution in [3.63, 3.8) is 0 Å². The molecule has 7 aromatic rings. The summed E-state index contributed by atoms with van der Waals surface area (Å²) in [5.74, 6) is -1.39. The van der Waals surface area contributed by atoms with Crippen LogP contribution in [0.1, 0.15) is 114 Å². The maximum atomic E-state index is 14.3. The maximum absolute atomic E-state index is 14.3. The third kappa shape index (κ3) is 21.7. The predicted octanol–water partition coefficient (Wildman–Crippen LogP) is 15.4. The number of sulfonamides is 3. The van der Waals surface area contributed by atoms with Crippen molar-refractivity contribution >= 4 is 111 Å². The molecule has 0 saturated carbocycles. The van der Waals surface area contributed by atoms with Crippen LogP contribution in [0.3, 0.4) is 0 Å². The second kappa shape index (κ2) is 38.9. The molecule has 5 unspecified atom stereocenters. The summed E-state index contributed by atoms with van der Waals surface area (Å²) in [5.41, 5.74) is 2.01. The van der Waals surface area contributed by atoms with Gasteiger partial charge in [-0.2, -0.15) is 0 Å². The molecule has 7 aliphatic heterocycles. The van der Waals surface area contributed by atoms with Gasteiger partial charge in [0.05, 0.1) is 67.5 Å². The van der Waals surface area contributed by atoms with E-state index in [0.717, 1.165) is 57.3 Å². The van der Waals surface area contributed by atoms with E-state index in [9.17, 15) is 68.3 Å². The number of ether oxygens (including phenoxy) is 2. The number of nitro benzene ring substituents is 1. The number of anilines is 3. The van der Waals surface area contributed by atoms with Crippen LogP contribution < -0.4 is 23.0 Å². The summed E-state index contributed by atoms with van der Waals surface area (Å²) in [6, 6.07) is 34.3. The number of aliphatic hydroxyl groups excluding tert-OH is 2. The van der Waals surface area contributed by atoms with Crippen molar-refractivity contribution in [2.24, 2.45) is 0 Å². The lowest BCUT2D eigenvalue weighted by atomic mass is 9.95. The first kappa shape index (κ1) is 85.1. The minimum Gasteiger partial charge on any atom is -0.444 e. The van der Waals surface area contributed by atoms with Gasteiger partial charge in [0.15, 0.2) is 0 Å². The van der Waals surface area contributed by atoms with Crippen LogP contribution in [0.2, 0.25) is 15.1 Å². The van der Waals surface area contributed by atoms with Crippen molar-refractivity contribution in [3.05, 3.63) is 211 Å². The number of nitro groups is 1. The lowest BCUT2D eigenvalue weighted by molar-refractivity contribution is -0.384. The van der Waals surface area contributed by atoms with Crippen LogP contribution in [-0.4, -0.2) is 168 Å². The van der Waals surface area contributed by atoms with Gasteiger partial charge in [0, 0.05) is 64.0 Å². The Labute approximate surface area is 661 Å². The Kier molecular flexibility index (Phi) is 30.1. The summed E-state index contributed by atoms with van der Waals surface area (Å²) in [6.45, 7) is 11.6. The first-order valence-corrected chi connectivity index (χ1v) is 42.7. The summed E-state index contributed by atoms with van der Waals surface area (Å²) in [6.07, 6.45) is 13.7. The molecular weight excluding hydrogens is 1570 g/mol. The van der Waals surface area contributed by atoms with Crippen molar-refractivity contribution in [1.29, 1.82) is 0 Å². The Morgan fingerprint density at radius 3 is 1.31 bits per heavy atom. The van der Waals surface area contributed by atoms with E-state index in [1.54, 1.807) is 36.9 Å². The minimum absolute atomic E-state index is 0.0438. The smallest absolute Gasteiger partial charge is 0.410 e. The minimum atomic E-state index is -4.09. The SMILES string of the molecule is C1CCN(C2CCNCC2)CC1.CC(O)C1CCc2ccc(F)cc2N1S(=O)(=O)c1ccc(Cl)cc1.CC(OC(=O)N1CCC(N2CCCCC2)CC1)C1CCc2ccc(F)cc2N1S(=O)(=O)c1ccc(Cl)cc1.O=C(Cl)Oc1ccc([N+](=O)[O-])cc1.O=S(=O)(c1ccc(Cl)cc1)N1c2cc(F)ccc2CCC1CO. The van der Waals surface area contributed by atoms with Crippen LogP contribution in [0.15, 0.2) is 166 Å². The van der Waals surface area contributed by atoms with E-state index in [-0.39, 0.29) is 49.8 Å². The fourth-order valence-electron chi connectivity index (χ4n) is 15.0. The fraction of sp³-hybridized carbons (Fsp3) is 0.436. The number of carbonyl (C=O) groups excluding carboxylic acids is 2. The number of likely N-dealkylation sites (tertiary alicyclic amines) is 3. The molecule has 0 aliphatic carbocycles. The van der Waals surface area contributed by atoms with Crippen molar-refractivity contribution in [3.8, 4) is 5.75 Å². The summed E-state index contributed by atoms with van der Waals surface area (Å²) in [4.78, 5) is 40.2. The zero-order valence-corrected chi connectivity index (χ0v) is 66.4. The van der Waals surface area contributed by atoms with Crippen molar-refractivity contribution in [1.82, 2.24) is 20.0 Å². The normalized spacial score (nSPS) is 19.8. The predicted molar refractivity (Wildman–Crippen MR) is 420 cm³/mol. The first-order valence-electron chi connectivity index (χ1n) is 36.8. The number of nitrogens with one attached hydrogen (secondary N) is 1. The molecule has 3 N–H and O–H groups in total. The Morgan fingerprint density at radius 1 is 0.527 bits per heavy atom. The summed E-state index contributed by atoms with van der Waals surface area (Å²) in [7, 11) is -12.0. The van der Waals surface area contributed by atoms with Crippen molar-refractivity contribution in [2.75, 3.05) is 71.9 Å². The lowest BCUT2D eigenvalue weighted by Crippen LogP contribution is -2.52. The number of nitrogens with zero attached hydrogens (tertiary/aromatic N) is 7. The van der Waals surface area contributed by atoms with Gasteiger partial charge in [-0.1, -0.05) is 65.8 Å². The molecular formula is C78H91Cl4F3N8O14S3. The number of piperidine rings is 4. The molecule has 14 rings (SSSR count). The summed E-state index contributed by atoms with van der Waals surface area (Å²) >= 11 is 22.5. The molecule has 0 bridgehead atoms. The third-order valence-electron chi connectivity index (χ3n) is 20.8. The number of halogens is 7. The second-order valence-electron chi connectivity index (χ2n) is 28.0. The molecule has 0 aromatic heterocycles.